The van der Waals surface area contributed by atoms with Gasteiger partial charge in [0.25, 0.3) is 5.91 Å². The van der Waals surface area contributed by atoms with E-state index in [2.05, 4.69) is 10.6 Å². The molecule has 1 fully saturated rings. The summed E-state index contributed by atoms with van der Waals surface area (Å²) in [4.78, 5) is 12.1. The van der Waals surface area contributed by atoms with Crippen molar-refractivity contribution in [1.29, 1.82) is 0 Å². The summed E-state index contributed by atoms with van der Waals surface area (Å²) < 4.78 is 5.71. The largest absolute Gasteiger partial charge is 0.488 e. The van der Waals surface area contributed by atoms with Gasteiger partial charge in [-0.1, -0.05) is 18.2 Å². The Bertz CT molecular complexity index is 577. The molecule has 0 atom stereocenters. The Balaban J connectivity index is 1.63. The summed E-state index contributed by atoms with van der Waals surface area (Å²) >= 11 is 0. The zero-order chi connectivity index (χ0) is 13.8. The normalized spacial score (nSPS) is 14.4. The lowest BCUT2D eigenvalue weighted by molar-refractivity contribution is 0.102. The van der Waals surface area contributed by atoms with Gasteiger partial charge >= 0.3 is 0 Å². The molecule has 0 unspecified atom stereocenters. The average molecular weight is 268 g/mol. The lowest BCUT2D eigenvalue weighted by Gasteiger charge is -2.27. The third-order valence-electron chi connectivity index (χ3n) is 3.19. The van der Waals surface area contributed by atoms with Crippen molar-refractivity contribution in [2.75, 3.05) is 18.4 Å². The van der Waals surface area contributed by atoms with Crippen LogP contribution in [0, 0.1) is 0 Å². The lowest BCUT2D eigenvalue weighted by Crippen LogP contribution is -2.50. The highest BCUT2D eigenvalue weighted by atomic mass is 16.5. The molecule has 0 aromatic heterocycles. The molecule has 1 heterocycles. The Morgan fingerprint density at radius 1 is 1.05 bits per heavy atom. The van der Waals surface area contributed by atoms with Crippen LogP contribution in [0.4, 0.5) is 5.69 Å². The molecule has 0 saturated carbocycles. The lowest BCUT2D eigenvalue weighted by atomic mass is 10.2. The molecule has 3 rings (SSSR count). The molecule has 2 aromatic rings. The van der Waals surface area contributed by atoms with E-state index in [-0.39, 0.29) is 12.0 Å². The van der Waals surface area contributed by atoms with Crippen molar-refractivity contribution in [2.45, 2.75) is 6.10 Å². The first-order valence-electron chi connectivity index (χ1n) is 6.65. The smallest absolute Gasteiger partial charge is 0.255 e. The van der Waals surface area contributed by atoms with Crippen molar-refractivity contribution >= 4 is 11.6 Å². The molecule has 20 heavy (non-hydrogen) atoms. The molecule has 1 aliphatic rings. The number of hydrogen-bond acceptors (Lipinski definition) is 3. The van der Waals surface area contributed by atoms with E-state index in [1.807, 2.05) is 42.5 Å². The van der Waals surface area contributed by atoms with E-state index in [1.165, 1.54) is 0 Å². The van der Waals surface area contributed by atoms with Gasteiger partial charge in [-0.3, -0.25) is 4.79 Å². The Morgan fingerprint density at radius 2 is 1.75 bits per heavy atom. The minimum Gasteiger partial charge on any atom is -0.488 e. The Labute approximate surface area is 117 Å². The number of rotatable bonds is 4. The molecule has 0 aliphatic carbocycles. The molecule has 1 aliphatic heterocycles. The molecule has 1 amide bonds. The summed E-state index contributed by atoms with van der Waals surface area (Å²) in [6.45, 7) is 1.77. The Morgan fingerprint density at radius 3 is 2.35 bits per heavy atom. The van der Waals surface area contributed by atoms with Crippen LogP contribution in [0.2, 0.25) is 0 Å². The van der Waals surface area contributed by atoms with Gasteiger partial charge in [-0.05, 0) is 36.4 Å². The van der Waals surface area contributed by atoms with Gasteiger partial charge in [-0.15, -0.1) is 0 Å². The molecule has 4 heteroatoms. The van der Waals surface area contributed by atoms with Gasteiger partial charge in [0.15, 0.2) is 0 Å². The number of carbonyl (C=O) groups excluding carboxylic acids is 1. The van der Waals surface area contributed by atoms with E-state index in [4.69, 9.17) is 4.74 Å². The number of hydrogen-bond donors (Lipinski definition) is 2. The van der Waals surface area contributed by atoms with Crippen LogP contribution in [0.25, 0.3) is 0 Å². The van der Waals surface area contributed by atoms with Crippen molar-refractivity contribution in [1.82, 2.24) is 5.32 Å². The average Bonchev–Trinajstić information content (AvgIpc) is 2.44. The topological polar surface area (TPSA) is 50.4 Å². The Hall–Kier alpha value is -2.33. The minimum atomic E-state index is -0.118. The van der Waals surface area contributed by atoms with Gasteiger partial charge in [-0.2, -0.15) is 0 Å². The van der Waals surface area contributed by atoms with Crippen molar-refractivity contribution in [3.05, 3.63) is 60.2 Å². The zero-order valence-electron chi connectivity index (χ0n) is 11.0. The first kappa shape index (κ1) is 12.7. The quantitative estimate of drug-likeness (QED) is 0.894. The fraction of sp³-hybridized carbons (Fsp3) is 0.188. The van der Waals surface area contributed by atoms with Crippen LogP contribution in [0.5, 0.6) is 5.75 Å². The highest BCUT2D eigenvalue weighted by molar-refractivity contribution is 6.04. The molecule has 102 valence electrons. The van der Waals surface area contributed by atoms with Crippen molar-refractivity contribution in [3.8, 4) is 5.75 Å². The van der Waals surface area contributed by atoms with Gasteiger partial charge in [0.2, 0.25) is 0 Å². The second-order valence-corrected chi connectivity index (χ2v) is 4.74. The van der Waals surface area contributed by atoms with Crippen LogP contribution in [0.15, 0.2) is 54.6 Å². The number of para-hydroxylation sites is 1. The third kappa shape index (κ3) is 2.97. The molecule has 0 spiro atoms. The van der Waals surface area contributed by atoms with E-state index >= 15 is 0 Å². The number of amides is 1. The van der Waals surface area contributed by atoms with Gasteiger partial charge in [0.1, 0.15) is 11.9 Å². The zero-order valence-corrected chi connectivity index (χ0v) is 11.0. The maximum absolute atomic E-state index is 12.1. The molecule has 0 radical (unpaired) electrons. The predicted octanol–water partition coefficient (Wildman–Crippen LogP) is 2.29. The van der Waals surface area contributed by atoms with Crippen molar-refractivity contribution in [2.24, 2.45) is 0 Å². The summed E-state index contributed by atoms with van der Waals surface area (Å²) in [5.41, 5.74) is 1.41. The number of benzene rings is 2. The van der Waals surface area contributed by atoms with Crippen LogP contribution in [0.3, 0.4) is 0 Å². The van der Waals surface area contributed by atoms with Crippen molar-refractivity contribution in [3.63, 3.8) is 0 Å². The molecule has 0 bridgehead atoms. The Kier molecular flexibility index (Phi) is 3.65. The number of anilines is 1. The highest BCUT2D eigenvalue weighted by Gasteiger charge is 2.18. The maximum atomic E-state index is 12.1. The first-order valence-corrected chi connectivity index (χ1v) is 6.65. The van der Waals surface area contributed by atoms with E-state index in [9.17, 15) is 4.79 Å². The summed E-state index contributed by atoms with van der Waals surface area (Å²) in [7, 11) is 0. The van der Waals surface area contributed by atoms with Crippen molar-refractivity contribution < 1.29 is 9.53 Å². The number of ether oxygens (including phenoxy) is 1. The first-order chi connectivity index (χ1) is 9.81. The molecule has 1 saturated heterocycles. The summed E-state index contributed by atoms with van der Waals surface area (Å²) in [5, 5.41) is 6.00. The predicted molar refractivity (Wildman–Crippen MR) is 78.1 cm³/mol. The van der Waals surface area contributed by atoms with E-state index in [1.54, 1.807) is 12.1 Å². The highest BCUT2D eigenvalue weighted by Crippen LogP contribution is 2.16. The van der Waals surface area contributed by atoms with Gasteiger partial charge in [0, 0.05) is 24.3 Å². The molecule has 4 nitrogen and oxygen atoms in total. The fourth-order valence-corrected chi connectivity index (χ4v) is 1.95. The van der Waals surface area contributed by atoms with Crippen LogP contribution in [-0.2, 0) is 0 Å². The second-order valence-electron chi connectivity index (χ2n) is 4.74. The monoisotopic (exact) mass is 268 g/mol. The molecular weight excluding hydrogens is 252 g/mol. The van der Waals surface area contributed by atoms with Gasteiger partial charge in [0.05, 0.1) is 0 Å². The summed E-state index contributed by atoms with van der Waals surface area (Å²) in [6.07, 6.45) is 0.249. The van der Waals surface area contributed by atoms with E-state index < -0.39 is 0 Å². The minimum absolute atomic E-state index is 0.118. The van der Waals surface area contributed by atoms with Crippen LogP contribution in [-0.4, -0.2) is 25.1 Å². The van der Waals surface area contributed by atoms with Gasteiger partial charge < -0.3 is 15.4 Å². The fourth-order valence-electron chi connectivity index (χ4n) is 1.95. The standard InChI is InChI=1S/C16H16N2O2/c19-16(18-13-4-2-1-3-5-13)12-6-8-14(9-7-12)20-15-10-17-11-15/h1-9,15,17H,10-11H2,(H,18,19). The second kappa shape index (κ2) is 5.75. The molecule has 2 N–H and O–H groups in total. The molecular formula is C16H16N2O2. The van der Waals surface area contributed by atoms with E-state index in [0.29, 0.717) is 5.56 Å². The van der Waals surface area contributed by atoms with Crippen LogP contribution >= 0.6 is 0 Å². The number of carbonyl (C=O) groups is 1. The summed E-state index contributed by atoms with van der Waals surface area (Å²) in [6, 6.07) is 16.6. The van der Waals surface area contributed by atoms with Gasteiger partial charge in [-0.25, -0.2) is 0 Å². The third-order valence-corrected chi connectivity index (χ3v) is 3.19. The maximum Gasteiger partial charge on any atom is 0.255 e. The van der Waals surface area contributed by atoms with Crippen LogP contribution in [0.1, 0.15) is 10.4 Å². The van der Waals surface area contributed by atoms with E-state index in [0.717, 1.165) is 24.5 Å². The van der Waals surface area contributed by atoms with Crippen LogP contribution < -0.4 is 15.4 Å². The SMILES string of the molecule is O=C(Nc1ccccc1)c1ccc(OC2CNC2)cc1. The molecule has 2 aromatic carbocycles. The number of nitrogens with one attached hydrogen (secondary N) is 2. The summed E-state index contributed by atoms with van der Waals surface area (Å²) in [5.74, 6) is 0.681.